The predicted octanol–water partition coefficient (Wildman–Crippen LogP) is 1.65. The molecule has 0 saturated heterocycles. The maximum atomic E-state index is 11.6. The van der Waals surface area contributed by atoms with Gasteiger partial charge in [0.15, 0.2) is 0 Å². The standard InChI is InChI=1S/C12H16N2O2/c1-14(8-6-7-8)11-9(12(15)16-2)4-3-5-10(11)13/h3-5,8H,6-7,13H2,1-2H3. The molecule has 0 aliphatic heterocycles. The molecule has 16 heavy (non-hydrogen) atoms. The Labute approximate surface area is 95.0 Å². The van der Waals surface area contributed by atoms with Gasteiger partial charge in [-0.05, 0) is 25.0 Å². The molecule has 0 heterocycles. The second-order valence-electron chi connectivity index (χ2n) is 4.08. The number of nitrogens with two attached hydrogens (primary N) is 1. The van der Waals surface area contributed by atoms with Crippen molar-refractivity contribution in [1.82, 2.24) is 0 Å². The second kappa shape index (κ2) is 4.04. The zero-order valence-corrected chi connectivity index (χ0v) is 9.56. The molecule has 4 nitrogen and oxygen atoms in total. The minimum atomic E-state index is -0.338. The summed E-state index contributed by atoms with van der Waals surface area (Å²) < 4.78 is 4.76. The van der Waals surface area contributed by atoms with E-state index in [1.165, 1.54) is 7.11 Å². The summed E-state index contributed by atoms with van der Waals surface area (Å²) in [5.74, 6) is -0.338. The van der Waals surface area contributed by atoms with Crippen LogP contribution in [-0.4, -0.2) is 26.2 Å². The third-order valence-electron chi connectivity index (χ3n) is 2.92. The van der Waals surface area contributed by atoms with Crippen LogP contribution in [0, 0.1) is 0 Å². The molecule has 0 radical (unpaired) electrons. The number of carbonyl (C=O) groups excluding carboxylic acids is 1. The van der Waals surface area contributed by atoms with Gasteiger partial charge >= 0.3 is 5.97 Å². The molecule has 0 aromatic heterocycles. The molecule has 1 saturated carbocycles. The Balaban J connectivity index is 2.43. The van der Waals surface area contributed by atoms with Gasteiger partial charge in [0.25, 0.3) is 0 Å². The van der Waals surface area contributed by atoms with Crippen LogP contribution in [0.4, 0.5) is 11.4 Å². The van der Waals surface area contributed by atoms with E-state index in [1.54, 1.807) is 18.2 Å². The van der Waals surface area contributed by atoms with Gasteiger partial charge in [-0.3, -0.25) is 0 Å². The maximum Gasteiger partial charge on any atom is 0.340 e. The highest BCUT2D eigenvalue weighted by molar-refractivity contribution is 5.99. The molecule has 0 spiro atoms. The predicted molar refractivity (Wildman–Crippen MR) is 63.6 cm³/mol. The van der Waals surface area contributed by atoms with Gasteiger partial charge in [0.1, 0.15) is 0 Å². The highest BCUT2D eigenvalue weighted by Crippen LogP contribution is 2.35. The molecule has 2 N–H and O–H groups in total. The van der Waals surface area contributed by atoms with Crippen molar-refractivity contribution in [1.29, 1.82) is 0 Å². The van der Waals surface area contributed by atoms with Crippen molar-refractivity contribution in [3.8, 4) is 0 Å². The number of rotatable bonds is 3. The molecule has 0 unspecified atom stereocenters. The van der Waals surface area contributed by atoms with E-state index < -0.39 is 0 Å². The lowest BCUT2D eigenvalue weighted by molar-refractivity contribution is 0.0601. The fourth-order valence-corrected chi connectivity index (χ4v) is 1.87. The van der Waals surface area contributed by atoms with Gasteiger partial charge < -0.3 is 15.4 Å². The molecule has 2 rings (SSSR count). The lowest BCUT2D eigenvalue weighted by Crippen LogP contribution is -2.23. The monoisotopic (exact) mass is 220 g/mol. The third kappa shape index (κ3) is 1.83. The largest absolute Gasteiger partial charge is 0.465 e. The zero-order valence-electron chi connectivity index (χ0n) is 9.56. The van der Waals surface area contributed by atoms with Crippen LogP contribution in [0.1, 0.15) is 23.2 Å². The molecule has 86 valence electrons. The lowest BCUT2D eigenvalue weighted by atomic mass is 10.1. The van der Waals surface area contributed by atoms with E-state index in [0.717, 1.165) is 18.5 Å². The fraction of sp³-hybridized carbons (Fsp3) is 0.417. The number of hydrogen-bond donors (Lipinski definition) is 1. The fourth-order valence-electron chi connectivity index (χ4n) is 1.87. The minimum absolute atomic E-state index is 0.338. The molecule has 1 aliphatic rings. The van der Waals surface area contributed by atoms with Crippen LogP contribution >= 0.6 is 0 Å². The first-order valence-electron chi connectivity index (χ1n) is 5.34. The van der Waals surface area contributed by atoms with Crippen molar-refractivity contribution in [2.24, 2.45) is 0 Å². The van der Waals surface area contributed by atoms with E-state index >= 15 is 0 Å². The molecule has 4 heteroatoms. The number of anilines is 2. The van der Waals surface area contributed by atoms with Gasteiger partial charge in [-0.2, -0.15) is 0 Å². The molecule has 0 amide bonds. The van der Waals surface area contributed by atoms with Gasteiger partial charge in [0.05, 0.1) is 24.0 Å². The first kappa shape index (κ1) is 10.8. The Morgan fingerprint density at radius 3 is 2.75 bits per heavy atom. The maximum absolute atomic E-state index is 11.6. The van der Waals surface area contributed by atoms with E-state index in [2.05, 4.69) is 4.90 Å². The molecular formula is C12H16N2O2. The highest BCUT2D eigenvalue weighted by atomic mass is 16.5. The first-order chi connectivity index (χ1) is 7.65. The smallest absolute Gasteiger partial charge is 0.340 e. The highest BCUT2D eigenvalue weighted by Gasteiger charge is 2.30. The summed E-state index contributed by atoms with van der Waals surface area (Å²) in [6.07, 6.45) is 2.32. The van der Waals surface area contributed by atoms with Gasteiger partial charge in [-0.1, -0.05) is 6.07 Å². The first-order valence-corrected chi connectivity index (χ1v) is 5.34. The summed E-state index contributed by atoms with van der Waals surface area (Å²) >= 11 is 0. The average molecular weight is 220 g/mol. The number of methoxy groups -OCH3 is 1. The van der Waals surface area contributed by atoms with E-state index in [9.17, 15) is 4.79 Å². The van der Waals surface area contributed by atoms with Crippen LogP contribution in [0.2, 0.25) is 0 Å². The molecule has 1 aromatic carbocycles. The Morgan fingerprint density at radius 2 is 2.19 bits per heavy atom. The summed E-state index contributed by atoms with van der Waals surface area (Å²) in [7, 11) is 3.35. The molecule has 0 bridgehead atoms. The van der Waals surface area contributed by atoms with Crippen LogP contribution in [0.5, 0.6) is 0 Å². The second-order valence-corrected chi connectivity index (χ2v) is 4.08. The van der Waals surface area contributed by atoms with Crippen molar-refractivity contribution in [2.45, 2.75) is 18.9 Å². The molecular weight excluding hydrogens is 204 g/mol. The van der Waals surface area contributed by atoms with Crippen molar-refractivity contribution in [3.63, 3.8) is 0 Å². The quantitative estimate of drug-likeness (QED) is 0.621. The number of hydrogen-bond acceptors (Lipinski definition) is 4. The molecule has 1 aromatic rings. The number of para-hydroxylation sites is 1. The molecule has 1 aliphatic carbocycles. The Hall–Kier alpha value is -1.71. The Morgan fingerprint density at radius 1 is 1.50 bits per heavy atom. The Kier molecular flexibility index (Phi) is 2.73. The summed E-state index contributed by atoms with van der Waals surface area (Å²) in [4.78, 5) is 13.7. The SMILES string of the molecule is COC(=O)c1cccc(N)c1N(C)C1CC1. The Bertz CT molecular complexity index is 413. The van der Waals surface area contributed by atoms with Gasteiger partial charge in [0, 0.05) is 13.1 Å². The van der Waals surface area contributed by atoms with Crippen LogP contribution in [0.25, 0.3) is 0 Å². The van der Waals surface area contributed by atoms with E-state index in [1.807, 2.05) is 7.05 Å². The van der Waals surface area contributed by atoms with Crippen LogP contribution in [0.3, 0.4) is 0 Å². The lowest BCUT2D eigenvalue weighted by Gasteiger charge is -2.22. The summed E-state index contributed by atoms with van der Waals surface area (Å²) in [6.45, 7) is 0. The van der Waals surface area contributed by atoms with Crippen LogP contribution in [-0.2, 0) is 4.74 Å². The van der Waals surface area contributed by atoms with Crippen molar-refractivity contribution >= 4 is 17.3 Å². The summed E-state index contributed by atoms with van der Waals surface area (Å²) in [5.41, 5.74) is 7.88. The zero-order chi connectivity index (χ0) is 11.7. The van der Waals surface area contributed by atoms with Crippen molar-refractivity contribution in [2.75, 3.05) is 24.8 Å². The van der Waals surface area contributed by atoms with Gasteiger partial charge in [-0.15, -0.1) is 0 Å². The van der Waals surface area contributed by atoms with Crippen LogP contribution in [0.15, 0.2) is 18.2 Å². The topological polar surface area (TPSA) is 55.6 Å². The number of carbonyl (C=O) groups is 1. The van der Waals surface area contributed by atoms with Crippen molar-refractivity contribution in [3.05, 3.63) is 23.8 Å². The number of ether oxygens (including phenoxy) is 1. The number of esters is 1. The average Bonchev–Trinajstić information content (AvgIpc) is 3.10. The minimum Gasteiger partial charge on any atom is -0.465 e. The summed E-state index contributed by atoms with van der Waals surface area (Å²) in [5, 5.41) is 0. The molecule has 0 atom stereocenters. The normalized spacial score (nSPS) is 14.6. The third-order valence-corrected chi connectivity index (χ3v) is 2.92. The van der Waals surface area contributed by atoms with Gasteiger partial charge in [0.2, 0.25) is 0 Å². The summed E-state index contributed by atoms with van der Waals surface area (Å²) in [6, 6.07) is 5.83. The molecule has 1 fully saturated rings. The van der Waals surface area contributed by atoms with Crippen molar-refractivity contribution < 1.29 is 9.53 Å². The van der Waals surface area contributed by atoms with E-state index in [4.69, 9.17) is 10.5 Å². The van der Waals surface area contributed by atoms with Crippen LogP contribution < -0.4 is 10.6 Å². The number of nitrogens with zero attached hydrogens (tertiary/aromatic N) is 1. The van der Waals surface area contributed by atoms with E-state index in [-0.39, 0.29) is 5.97 Å². The van der Waals surface area contributed by atoms with E-state index in [0.29, 0.717) is 17.3 Å². The number of nitrogen functional groups attached to an aromatic ring is 1. The van der Waals surface area contributed by atoms with Gasteiger partial charge in [-0.25, -0.2) is 4.79 Å². The number of benzene rings is 1.